The Balaban J connectivity index is 1.34. The monoisotopic (exact) mass is 522 g/mol. The third-order valence-corrected chi connectivity index (χ3v) is 8.24. The van der Waals surface area contributed by atoms with E-state index in [1.165, 1.54) is 10.5 Å². The zero-order valence-electron chi connectivity index (χ0n) is 19.0. The van der Waals surface area contributed by atoms with Crippen LogP contribution in [0.2, 0.25) is 5.02 Å². The number of imide groups is 1. The average Bonchev–Trinajstić information content (AvgIpc) is 3.11. The fraction of sp³-hybridized carbons (Fsp3) is 0.435. The Hall–Kier alpha value is -2.73. The number of ether oxygens (including phenoxy) is 2. The minimum absolute atomic E-state index is 0.0262. The van der Waals surface area contributed by atoms with Gasteiger partial charge < -0.3 is 14.8 Å². The molecule has 2 fully saturated rings. The van der Waals surface area contributed by atoms with E-state index >= 15 is 0 Å². The molecule has 0 radical (unpaired) electrons. The van der Waals surface area contributed by atoms with E-state index in [0.717, 1.165) is 5.56 Å². The average molecular weight is 523 g/mol. The Kier molecular flexibility index (Phi) is 7.90. The van der Waals surface area contributed by atoms with E-state index in [2.05, 4.69) is 15.6 Å². The number of nitrogens with one attached hydrogen (secondary N) is 2. The number of aromatic nitrogens is 1. The third-order valence-electron chi connectivity index (χ3n) is 6.01. The molecular formula is C23H27ClN4O6S. The van der Waals surface area contributed by atoms with Crippen molar-refractivity contribution in [3.8, 4) is 5.88 Å². The second-order valence-electron chi connectivity index (χ2n) is 8.57. The Bertz CT molecular complexity index is 1140. The van der Waals surface area contributed by atoms with E-state index in [9.17, 15) is 18.0 Å². The summed E-state index contributed by atoms with van der Waals surface area (Å²) in [6.45, 7) is 0.880. The summed E-state index contributed by atoms with van der Waals surface area (Å²) in [6.07, 6.45) is 2.26. The molecule has 1 aromatic carbocycles. The van der Waals surface area contributed by atoms with Crippen molar-refractivity contribution in [2.24, 2.45) is 0 Å². The molecule has 1 aromatic heterocycles. The van der Waals surface area contributed by atoms with Gasteiger partial charge in [-0.3, -0.25) is 10.1 Å². The molecule has 10 nitrogen and oxygen atoms in total. The van der Waals surface area contributed by atoms with Crippen molar-refractivity contribution < 1.29 is 27.5 Å². The lowest BCUT2D eigenvalue weighted by Gasteiger charge is -2.34. The molecule has 2 aromatic rings. The van der Waals surface area contributed by atoms with E-state index in [1.54, 1.807) is 12.1 Å². The predicted octanol–water partition coefficient (Wildman–Crippen LogP) is 2.09. The molecule has 0 spiro atoms. The molecule has 1 atom stereocenters. The summed E-state index contributed by atoms with van der Waals surface area (Å²) in [4.78, 5) is 28.6. The number of urea groups is 1. The second-order valence-corrected chi connectivity index (χ2v) is 11.0. The van der Waals surface area contributed by atoms with Gasteiger partial charge in [0.25, 0.3) is 5.91 Å². The van der Waals surface area contributed by atoms with Crippen LogP contribution in [0, 0.1) is 0 Å². The maximum atomic E-state index is 13.2. The molecule has 0 aliphatic carbocycles. The minimum Gasteiger partial charge on any atom is -0.474 e. The van der Waals surface area contributed by atoms with E-state index in [-0.39, 0.29) is 32.2 Å². The van der Waals surface area contributed by atoms with Crippen molar-refractivity contribution in [2.45, 2.75) is 37.5 Å². The molecule has 2 N–H and O–H groups in total. The van der Waals surface area contributed by atoms with Gasteiger partial charge in [0.15, 0.2) is 0 Å². The summed E-state index contributed by atoms with van der Waals surface area (Å²) in [7, 11) is -3.86. The molecule has 1 unspecified atom stereocenters. The van der Waals surface area contributed by atoms with Crippen LogP contribution in [0.5, 0.6) is 5.88 Å². The largest absolute Gasteiger partial charge is 0.474 e. The van der Waals surface area contributed by atoms with Gasteiger partial charge in [-0.05, 0) is 24.5 Å². The highest BCUT2D eigenvalue weighted by atomic mass is 35.5. The summed E-state index contributed by atoms with van der Waals surface area (Å²) in [5, 5.41) is 5.19. The quantitative estimate of drug-likeness (QED) is 0.361. The molecule has 0 saturated carbocycles. The van der Waals surface area contributed by atoms with Gasteiger partial charge in [0.2, 0.25) is 15.9 Å². The fourth-order valence-corrected chi connectivity index (χ4v) is 6.15. The van der Waals surface area contributed by atoms with Crippen LogP contribution in [0.15, 0.2) is 48.7 Å². The summed E-state index contributed by atoms with van der Waals surface area (Å²) in [6, 6.07) is 12.1. The Morgan fingerprint density at radius 3 is 2.49 bits per heavy atom. The Labute approximate surface area is 209 Å². The van der Waals surface area contributed by atoms with Crippen LogP contribution in [-0.4, -0.2) is 66.7 Å². The van der Waals surface area contributed by atoms with Crippen LogP contribution >= 0.6 is 11.6 Å². The number of rotatable bonds is 10. The second kappa shape index (κ2) is 10.9. The first kappa shape index (κ1) is 25.4. The molecule has 0 bridgehead atoms. The number of carbonyl (C=O) groups excluding carboxylic acids is 2. The number of amides is 3. The fourth-order valence-electron chi connectivity index (χ4n) is 4.12. The zero-order chi connectivity index (χ0) is 24.9. The summed E-state index contributed by atoms with van der Waals surface area (Å²) < 4.78 is 39.3. The van der Waals surface area contributed by atoms with Gasteiger partial charge in [-0.25, -0.2) is 22.5 Å². The Morgan fingerprint density at radius 2 is 1.86 bits per heavy atom. The smallest absolute Gasteiger partial charge is 0.322 e. The number of piperidine rings is 1. The van der Waals surface area contributed by atoms with Crippen LogP contribution in [0.4, 0.5) is 4.79 Å². The highest BCUT2D eigenvalue weighted by Gasteiger charge is 2.50. The van der Waals surface area contributed by atoms with Crippen molar-refractivity contribution in [2.75, 3.05) is 25.4 Å². The maximum absolute atomic E-state index is 13.2. The van der Waals surface area contributed by atoms with Gasteiger partial charge in [-0.15, -0.1) is 0 Å². The topological polar surface area (TPSA) is 127 Å². The standard InChI is InChI=1S/C23H27ClN4O6S/c24-18-6-7-20(25-14-18)34-19-8-11-28(12-9-19)35(31,32)16-23(21(29)26-22(30)27-23)10-13-33-15-17-4-2-1-3-5-17/h1-7,14,19H,8-13,15-16H2,(H2,26,27,29,30). The molecule has 2 saturated heterocycles. The number of carbonyl (C=O) groups is 2. The van der Waals surface area contributed by atoms with Gasteiger partial charge in [-0.1, -0.05) is 41.9 Å². The SMILES string of the molecule is O=C1NC(=O)C(CCOCc2ccccc2)(CS(=O)(=O)N2CCC(Oc3ccc(Cl)cn3)CC2)N1. The van der Waals surface area contributed by atoms with Crippen molar-refractivity contribution in [1.82, 2.24) is 19.9 Å². The highest BCUT2D eigenvalue weighted by molar-refractivity contribution is 7.89. The van der Waals surface area contributed by atoms with Gasteiger partial charge in [0.1, 0.15) is 11.6 Å². The number of hydrogen-bond donors (Lipinski definition) is 2. The predicted molar refractivity (Wildman–Crippen MR) is 128 cm³/mol. The molecule has 3 heterocycles. The van der Waals surface area contributed by atoms with E-state index in [4.69, 9.17) is 21.1 Å². The van der Waals surface area contributed by atoms with Gasteiger partial charge in [0, 0.05) is 38.4 Å². The van der Waals surface area contributed by atoms with Crippen LogP contribution in [0.1, 0.15) is 24.8 Å². The zero-order valence-corrected chi connectivity index (χ0v) is 20.6. The summed E-state index contributed by atoms with van der Waals surface area (Å²) >= 11 is 5.84. The normalized spacial score (nSPS) is 21.5. The number of pyridine rings is 1. The number of halogens is 1. The van der Waals surface area contributed by atoms with E-state index < -0.39 is 33.3 Å². The first-order chi connectivity index (χ1) is 16.8. The molecule has 2 aliphatic heterocycles. The molecular weight excluding hydrogens is 496 g/mol. The first-order valence-electron chi connectivity index (χ1n) is 11.3. The third kappa shape index (κ3) is 6.49. The summed E-state index contributed by atoms with van der Waals surface area (Å²) in [5.74, 6) is -0.784. The molecule has 35 heavy (non-hydrogen) atoms. The molecule has 3 amide bonds. The van der Waals surface area contributed by atoms with Gasteiger partial charge in [-0.2, -0.15) is 0 Å². The van der Waals surface area contributed by atoms with Gasteiger partial charge in [0.05, 0.1) is 17.4 Å². The number of nitrogens with zero attached hydrogens (tertiary/aromatic N) is 2. The van der Waals surface area contributed by atoms with Crippen molar-refractivity contribution in [1.29, 1.82) is 0 Å². The molecule has 12 heteroatoms. The molecule has 2 aliphatic rings. The van der Waals surface area contributed by atoms with Crippen molar-refractivity contribution in [3.63, 3.8) is 0 Å². The van der Waals surface area contributed by atoms with E-state index in [1.807, 2.05) is 30.3 Å². The number of hydrogen-bond acceptors (Lipinski definition) is 7. The summed E-state index contributed by atoms with van der Waals surface area (Å²) in [5.41, 5.74) is -0.638. The van der Waals surface area contributed by atoms with Crippen molar-refractivity contribution in [3.05, 3.63) is 59.2 Å². The number of benzene rings is 1. The molecule has 4 rings (SSSR count). The van der Waals surface area contributed by atoms with Gasteiger partial charge >= 0.3 is 6.03 Å². The minimum atomic E-state index is -3.86. The highest BCUT2D eigenvalue weighted by Crippen LogP contribution is 2.25. The maximum Gasteiger partial charge on any atom is 0.322 e. The van der Waals surface area contributed by atoms with Crippen LogP contribution in [0.25, 0.3) is 0 Å². The number of sulfonamides is 1. The van der Waals surface area contributed by atoms with Crippen LogP contribution in [0.3, 0.4) is 0 Å². The van der Waals surface area contributed by atoms with Crippen LogP contribution in [-0.2, 0) is 26.2 Å². The first-order valence-corrected chi connectivity index (χ1v) is 13.3. The lowest BCUT2D eigenvalue weighted by atomic mass is 9.99. The van der Waals surface area contributed by atoms with Crippen LogP contribution < -0.4 is 15.4 Å². The van der Waals surface area contributed by atoms with Crippen molar-refractivity contribution >= 4 is 33.6 Å². The Morgan fingerprint density at radius 1 is 1.11 bits per heavy atom. The molecule has 188 valence electrons. The lowest BCUT2D eigenvalue weighted by Crippen LogP contribution is -2.56. The lowest BCUT2D eigenvalue weighted by molar-refractivity contribution is -0.124. The van der Waals surface area contributed by atoms with E-state index in [0.29, 0.717) is 30.4 Å².